The molecule has 0 aliphatic rings. The standard InChI is InChI=1S/C26H20ClN5OS/c1-33-24-10-6-5-9-22(24)23-17-34-26(29-23)30-28-15-19-16-32(21-7-3-2-4-8-21)31-25(19)18-11-13-20(27)14-12-18/h2-17H,1H3,(H,29,30)/b28-15+. The van der Waals surface area contributed by atoms with Gasteiger partial charge in [0.15, 0.2) is 0 Å². The molecule has 0 atom stereocenters. The molecule has 5 aromatic rings. The zero-order valence-electron chi connectivity index (χ0n) is 18.2. The van der Waals surface area contributed by atoms with Gasteiger partial charge in [-0.25, -0.2) is 9.67 Å². The van der Waals surface area contributed by atoms with Crippen molar-refractivity contribution in [2.24, 2.45) is 5.10 Å². The van der Waals surface area contributed by atoms with Crippen LogP contribution in [0.4, 0.5) is 5.13 Å². The van der Waals surface area contributed by atoms with Crippen molar-refractivity contribution in [3.63, 3.8) is 0 Å². The Balaban J connectivity index is 1.41. The summed E-state index contributed by atoms with van der Waals surface area (Å²) >= 11 is 7.56. The molecule has 8 heteroatoms. The van der Waals surface area contributed by atoms with Gasteiger partial charge in [0.2, 0.25) is 5.13 Å². The Morgan fingerprint density at radius 1 is 1.00 bits per heavy atom. The van der Waals surface area contributed by atoms with E-state index in [1.54, 1.807) is 13.3 Å². The highest BCUT2D eigenvalue weighted by atomic mass is 35.5. The van der Waals surface area contributed by atoms with E-state index in [9.17, 15) is 0 Å². The van der Waals surface area contributed by atoms with Crippen LogP contribution in [0.15, 0.2) is 95.5 Å². The van der Waals surface area contributed by atoms with Gasteiger partial charge in [-0.05, 0) is 36.4 Å². The van der Waals surface area contributed by atoms with Crippen molar-refractivity contribution in [2.45, 2.75) is 0 Å². The minimum absolute atomic E-state index is 0.678. The van der Waals surface area contributed by atoms with Crippen molar-refractivity contribution in [3.8, 4) is 34.0 Å². The number of benzene rings is 3. The molecular formula is C26H20ClN5OS. The fraction of sp³-hybridized carbons (Fsp3) is 0.0385. The first-order chi connectivity index (χ1) is 16.7. The van der Waals surface area contributed by atoms with Gasteiger partial charge in [0.25, 0.3) is 0 Å². The molecule has 0 aliphatic heterocycles. The van der Waals surface area contributed by atoms with E-state index in [4.69, 9.17) is 21.4 Å². The molecule has 0 saturated heterocycles. The van der Waals surface area contributed by atoms with E-state index >= 15 is 0 Å². The molecule has 0 fully saturated rings. The number of nitrogens with one attached hydrogen (secondary N) is 1. The maximum atomic E-state index is 6.08. The number of para-hydroxylation sites is 2. The fourth-order valence-electron chi connectivity index (χ4n) is 3.49. The van der Waals surface area contributed by atoms with Crippen LogP contribution in [0.2, 0.25) is 5.02 Å². The predicted molar refractivity (Wildman–Crippen MR) is 139 cm³/mol. The van der Waals surface area contributed by atoms with Gasteiger partial charge in [-0.1, -0.05) is 54.1 Å². The van der Waals surface area contributed by atoms with E-state index in [2.05, 4.69) is 15.5 Å². The van der Waals surface area contributed by atoms with E-state index < -0.39 is 0 Å². The summed E-state index contributed by atoms with van der Waals surface area (Å²) in [5.74, 6) is 0.781. The molecule has 0 saturated carbocycles. The maximum absolute atomic E-state index is 6.08. The number of nitrogens with zero attached hydrogens (tertiary/aromatic N) is 4. The van der Waals surface area contributed by atoms with Crippen LogP contribution in [0.1, 0.15) is 5.56 Å². The molecule has 34 heavy (non-hydrogen) atoms. The molecule has 0 spiro atoms. The average molecular weight is 486 g/mol. The lowest BCUT2D eigenvalue weighted by atomic mass is 10.1. The summed E-state index contributed by atoms with van der Waals surface area (Å²) in [6.45, 7) is 0. The van der Waals surface area contributed by atoms with Gasteiger partial charge < -0.3 is 4.74 Å². The largest absolute Gasteiger partial charge is 0.496 e. The van der Waals surface area contributed by atoms with Crippen molar-refractivity contribution in [2.75, 3.05) is 12.5 Å². The smallest absolute Gasteiger partial charge is 0.203 e. The number of anilines is 1. The SMILES string of the molecule is COc1ccccc1-c1csc(N/N=C/c2cn(-c3ccccc3)nc2-c2ccc(Cl)cc2)n1. The van der Waals surface area contributed by atoms with E-state index in [1.165, 1.54) is 11.3 Å². The topological polar surface area (TPSA) is 64.3 Å². The summed E-state index contributed by atoms with van der Waals surface area (Å²) in [5, 5.41) is 12.6. The van der Waals surface area contributed by atoms with Gasteiger partial charge >= 0.3 is 0 Å². The van der Waals surface area contributed by atoms with Crippen molar-refractivity contribution < 1.29 is 4.74 Å². The molecule has 0 amide bonds. The fourth-order valence-corrected chi connectivity index (χ4v) is 4.27. The second-order valence-corrected chi connectivity index (χ2v) is 8.62. The molecule has 168 valence electrons. The molecule has 0 aliphatic carbocycles. The molecule has 6 nitrogen and oxygen atoms in total. The molecule has 5 rings (SSSR count). The lowest BCUT2D eigenvalue weighted by molar-refractivity contribution is 0.416. The Hall–Kier alpha value is -3.94. The quantitative estimate of drug-likeness (QED) is 0.204. The van der Waals surface area contributed by atoms with Crippen LogP contribution in [0.25, 0.3) is 28.2 Å². The highest BCUT2D eigenvalue weighted by Crippen LogP contribution is 2.32. The zero-order valence-corrected chi connectivity index (χ0v) is 19.8. The van der Waals surface area contributed by atoms with Crippen LogP contribution in [0.5, 0.6) is 5.75 Å². The van der Waals surface area contributed by atoms with Crippen LogP contribution in [0.3, 0.4) is 0 Å². The van der Waals surface area contributed by atoms with E-state index in [1.807, 2.05) is 95.1 Å². The van der Waals surface area contributed by atoms with Crippen LogP contribution in [-0.2, 0) is 0 Å². The average Bonchev–Trinajstić information content (AvgIpc) is 3.53. The van der Waals surface area contributed by atoms with E-state index in [0.717, 1.165) is 39.5 Å². The number of hydrogen-bond donors (Lipinski definition) is 1. The summed E-state index contributed by atoms with van der Waals surface area (Å²) in [6, 6.07) is 25.4. The molecular weight excluding hydrogens is 466 g/mol. The van der Waals surface area contributed by atoms with E-state index in [-0.39, 0.29) is 0 Å². The predicted octanol–water partition coefficient (Wildman–Crippen LogP) is 6.77. The number of halogens is 1. The number of thiazole rings is 1. The molecule has 0 radical (unpaired) electrons. The van der Waals surface area contributed by atoms with Crippen molar-refractivity contribution in [1.29, 1.82) is 0 Å². The normalized spacial score (nSPS) is 11.1. The number of ether oxygens (including phenoxy) is 1. The third kappa shape index (κ3) is 4.71. The Kier molecular flexibility index (Phi) is 6.38. The van der Waals surface area contributed by atoms with Crippen molar-refractivity contribution in [3.05, 3.63) is 101 Å². The minimum Gasteiger partial charge on any atom is -0.496 e. The van der Waals surface area contributed by atoms with Gasteiger partial charge in [0.05, 0.1) is 24.7 Å². The Morgan fingerprint density at radius 2 is 1.76 bits per heavy atom. The zero-order chi connectivity index (χ0) is 23.3. The summed E-state index contributed by atoms with van der Waals surface area (Å²) in [4.78, 5) is 4.64. The first kappa shape index (κ1) is 21.9. The number of aromatic nitrogens is 3. The van der Waals surface area contributed by atoms with Crippen LogP contribution in [-0.4, -0.2) is 28.1 Å². The van der Waals surface area contributed by atoms with Crippen LogP contribution >= 0.6 is 22.9 Å². The lowest BCUT2D eigenvalue weighted by Crippen LogP contribution is -1.93. The molecule has 1 N–H and O–H groups in total. The molecule has 0 bridgehead atoms. The molecule has 0 unspecified atom stereocenters. The van der Waals surface area contributed by atoms with Crippen LogP contribution in [0, 0.1) is 0 Å². The second-order valence-electron chi connectivity index (χ2n) is 7.33. The maximum Gasteiger partial charge on any atom is 0.203 e. The molecule has 3 aromatic carbocycles. The molecule has 2 heterocycles. The third-order valence-electron chi connectivity index (χ3n) is 5.13. The Bertz CT molecular complexity index is 1430. The monoisotopic (exact) mass is 485 g/mol. The van der Waals surface area contributed by atoms with Crippen molar-refractivity contribution in [1.82, 2.24) is 14.8 Å². The summed E-state index contributed by atoms with van der Waals surface area (Å²) in [6.07, 6.45) is 3.70. The van der Waals surface area contributed by atoms with Gasteiger partial charge in [-0.2, -0.15) is 10.2 Å². The number of hydrogen-bond acceptors (Lipinski definition) is 6. The summed E-state index contributed by atoms with van der Waals surface area (Å²) in [7, 11) is 1.66. The Labute approximate surface area is 206 Å². The first-order valence-electron chi connectivity index (χ1n) is 10.5. The number of rotatable bonds is 7. The van der Waals surface area contributed by atoms with Gasteiger partial charge in [0, 0.05) is 33.3 Å². The Morgan fingerprint density at radius 3 is 2.56 bits per heavy atom. The van der Waals surface area contributed by atoms with Crippen LogP contribution < -0.4 is 10.2 Å². The van der Waals surface area contributed by atoms with Gasteiger partial charge in [-0.15, -0.1) is 11.3 Å². The summed E-state index contributed by atoms with van der Waals surface area (Å²) in [5.41, 5.74) is 8.39. The number of hydrazone groups is 1. The second kappa shape index (κ2) is 9.91. The molecule has 2 aromatic heterocycles. The van der Waals surface area contributed by atoms with Crippen molar-refractivity contribution >= 4 is 34.3 Å². The minimum atomic E-state index is 0.678. The first-order valence-corrected chi connectivity index (χ1v) is 11.8. The van der Waals surface area contributed by atoms with Gasteiger partial charge in [-0.3, -0.25) is 5.43 Å². The van der Waals surface area contributed by atoms with Gasteiger partial charge in [0.1, 0.15) is 11.4 Å². The lowest BCUT2D eigenvalue weighted by Gasteiger charge is -2.04. The number of methoxy groups -OCH3 is 1. The summed E-state index contributed by atoms with van der Waals surface area (Å²) < 4.78 is 7.29. The van der Waals surface area contributed by atoms with E-state index in [0.29, 0.717) is 10.2 Å². The highest BCUT2D eigenvalue weighted by molar-refractivity contribution is 7.14. The third-order valence-corrected chi connectivity index (χ3v) is 6.13. The highest BCUT2D eigenvalue weighted by Gasteiger charge is 2.12.